The van der Waals surface area contributed by atoms with Crippen LogP contribution in [0.25, 0.3) is 0 Å². The molecule has 0 aliphatic heterocycles. The molecule has 0 spiro atoms. The zero-order valence-electron chi connectivity index (χ0n) is 11.1. The third kappa shape index (κ3) is 3.25. The predicted octanol–water partition coefficient (Wildman–Crippen LogP) is 2.95. The van der Waals surface area contributed by atoms with Gasteiger partial charge in [0.1, 0.15) is 0 Å². The summed E-state index contributed by atoms with van der Waals surface area (Å²) in [6.45, 7) is 6.89. The van der Waals surface area contributed by atoms with Crippen molar-refractivity contribution in [3.05, 3.63) is 24.3 Å². The van der Waals surface area contributed by atoms with Gasteiger partial charge in [-0.2, -0.15) is 0 Å². The molecule has 1 aliphatic rings. The second-order valence-electron chi connectivity index (χ2n) is 5.52. The highest BCUT2D eigenvalue weighted by Crippen LogP contribution is 2.29. The van der Waals surface area contributed by atoms with E-state index in [1.807, 2.05) is 6.20 Å². The van der Waals surface area contributed by atoms with Gasteiger partial charge in [-0.05, 0) is 38.0 Å². The largest absolute Gasteiger partial charge is 0.306 e. The maximum absolute atomic E-state index is 4.36. The normalized spacial score (nSPS) is 31.1. The van der Waals surface area contributed by atoms with Crippen molar-refractivity contribution in [3.63, 3.8) is 0 Å². The maximum Gasteiger partial charge on any atom is 0.0753 e. The Morgan fingerprint density at radius 3 is 2.76 bits per heavy atom. The summed E-state index contributed by atoms with van der Waals surface area (Å²) in [5.41, 5.74) is 1.04. The van der Waals surface area contributed by atoms with Crippen LogP contribution in [0.5, 0.6) is 0 Å². The van der Waals surface area contributed by atoms with Crippen molar-refractivity contribution in [2.75, 3.05) is 0 Å². The first-order valence-corrected chi connectivity index (χ1v) is 6.68. The van der Waals surface area contributed by atoms with Crippen LogP contribution in [0.3, 0.4) is 0 Å². The van der Waals surface area contributed by atoms with Crippen LogP contribution >= 0.6 is 0 Å². The van der Waals surface area contributed by atoms with Gasteiger partial charge in [0, 0.05) is 30.7 Å². The molecule has 3 heteroatoms. The monoisotopic (exact) mass is 233 g/mol. The molecule has 1 heterocycles. The molecule has 1 saturated carbocycles. The average Bonchev–Trinajstić information content (AvgIpc) is 2.34. The first-order valence-electron chi connectivity index (χ1n) is 6.68. The molecule has 1 N–H and O–H groups in total. The number of aromatic nitrogens is 2. The van der Waals surface area contributed by atoms with E-state index < -0.39 is 0 Å². The third-order valence-electron chi connectivity index (χ3n) is 3.92. The van der Waals surface area contributed by atoms with E-state index in [1.54, 1.807) is 12.4 Å². The lowest BCUT2D eigenvalue weighted by atomic mass is 9.79. The summed E-state index contributed by atoms with van der Waals surface area (Å²) in [6.07, 6.45) is 9.31. The van der Waals surface area contributed by atoms with Crippen LogP contribution in [0.1, 0.15) is 51.8 Å². The first-order chi connectivity index (χ1) is 8.16. The van der Waals surface area contributed by atoms with Gasteiger partial charge in [-0.15, -0.1) is 0 Å². The minimum absolute atomic E-state index is 0.296. The first kappa shape index (κ1) is 12.5. The van der Waals surface area contributed by atoms with Crippen molar-refractivity contribution in [1.29, 1.82) is 0 Å². The Morgan fingerprint density at radius 1 is 1.29 bits per heavy atom. The minimum Gasteiger partial charge on any atom is -0.306 e. The van der Waals surface area contributed by atoms with Crippen LogP contribution < -0.4 is 5.32 Å². The van der Waals surface area contributed by atoms with E-state index in [9.17, 15) is 0 Å². The zero-order chi connectivity index (χ0) is 12.3. The van der Waals surface area contributed by atoms with Crippen molar-refractivity contribution < 1.29 is 0 Å². The molecule has 1 aromatic heterocycles. The van der Waals surface area contributed by atoms with Gasteiger partial charge in [-0.1, -0.05) is 13.8 Å². The molecule has 4 atom stereocenters. The van der Waals surface area contributed by atoms with Gasteiger partial charge < -0.3 is 5.32 Å². The van der Waals surface area contributed by atoms with Crippen LogP contribution in [-0.2, 0) is 0 Å². The van der Waals surface area contributed by atoms with E-state index in [1.165, 1.54) is 19.3 Å². The van der Waals surface area contributed by atoms with Gasteiger partial charge >= 0.3 is 0 Å². The molecule has 17 heavy (non-hydrogen) atoms. The fourth-order valence-corrected chi connectivity index (χ4v) is 2.85. The third-order valence-corrected chi connectivity index (χ3v) is 3.92. The lowest BCUT2D eigenvalue weighted by Crippen LogP contribution is -2.40. The molecular formula is C14H23N3. The van der Waals surface area contributed by atoms with Gasteiger partial charge in [0.05, 0.1) is 5.69 Å². The van der Waals surface area contributed by atoms with Crippen LogP contribution in [0, 0.1) is 11.8 Å². The van der Waals surface area contributed by atoms with E-state index >= 15 is 0 Å². The summed E-state index contributed by atoms with van der Waals surface area (Å²) in [7, 11) is 0. The van der Waals surface area contributed by atoms with Crippen molar-refractivity contribution >= 4 is 0 Å². The van der Waals surface area contributed by atoms with Crippen molar-refractivity contribution in [3.8, 4) is 0 Å². The zero-order valence-corrected chi connectivity index (χ0v) is 11.1. The Labute approximate surface area is 104 Å². The fraction of sp³-hybridized carbons (Fsp3) is 0.714. The fourth-order valence-electron chi connectivity index (χ4n) is 2.85. The maximum atomic E-state index is 4.36. The summed E-state index contributed by atoms with van der Waals surface area (Å²) >= 11 is 0. The quantitative estimate of drug-likeness (QED) is 0.872. The summed E-state index contributed by atoms with van der Waals surface area (Å²) in [5, 5.41) is 3.70. The van der Waals surface area contributed by atoms with Gasteiger partial charge in [0.15, 0.2) is 0 Å². The molecule has 0 saturated heterocycles. The molecule has 0 aromatic carbocycles. The van der Waals surface area contributed by atoms with E-state index in [4.69, 9.17) is 0 Å². The standard InChI is InChI=1S/C14H23N3/c1-10-4-5-13(11(2)8-10)17-12(3)14-9-15-6-7-16-14/h6-7,9-13,17H,4-5,8H2,1-3H3. The summed E-state index contributed by atoms with van der Waals surface area (Å²) in [6, 6.07) is 0.924. The smallest absolute Gasteiger partial charge is 0.0753 e. The molecule has 0 radical (unpaired) electrons. The Hall–Kier alpha value is -0.960. The van der Waals surface area contributed by atoms with Gasteiger partial charge in [-0.25, -0.2) is 0 Å². The number of hydrogen-bond donors (Lipinski definition) is 1. The van der Waals surface area contributed by atoms with Gasteiger partial charge in [0.25, 0.3) is 0 Å². The Bertz CT molecular complexity index is 339. The Balaban J connectivity index is 1.93. The van der Waals surface area contributed by atoms with E-state index in [-0.39, 0.29) is 0 Å². The van der Waals surface area contributed by atoms with Crippen molar-refractivity contribution in [1.82, 2.24) is 15.3 Å². The highest BCUT2D eigenvalue weighted by Gasteiger charge is 2.26. The predicted molar refractivity (Wildman–Crippen MR) is 69.5 cm³/mol. The molecule has 3 nitrogen and oxygen atoms in total. The topological polar surface area (TPSA) is 37.8 Å². The summed E-state index contributed by atoms with van der Waals surface area (Å²) in [4.78, 5) is 8.49. The summed E-state index contributed by atoms with van der Waals surface area (Å²) < 4.78 is 0. The van der Waals surface area contributed by atoms with Crippen molar-refractivity contribution in [2.24, 2.45) is 11.8 Å². The number of nitrogens with zero attached hydrogens (tertiary/aromatic N) is 2. The molecule has 0 bridgehead atoms. The van der Waals surface area contributed by atoms with E-state index in [2.05, 4.69) is 36.1 Å². The van der Waals surface area contributed by atoms with Crippen LogP contribution in [-0.4, -0.2) is 16.0 Å². The highest BCUT2D eigenvalue weighted by molar-refractivity contribution is 5.01. The molecule has 1 aromatic rings. The number of nitrogens with one attached hydrogen (secondary N) is 1. The average molecular weight is 233 g/mol. The minimum atomic E-state index is 0.296. The molecule has 1 aliphatic carbocycles. The molecule has 0 amide bonds. The molecular weight excluding hydrogens is 210 g/mol. The lowest BCUT2D eigenvalue weighted by Gasteiger charge is -2.35. The van der Waals surface area contributed by atoms with E-state index in [0.717, 1.165) is 17.5 Å². The number of hydrogen-bond acceptors (Lipinski definition) is 3. The van der Waals surface area contributed by atoms with Gasteiger partial charge in [0.2, 0.25) is 0 Å². The molecule has 1 fully saturated rings. The molecule has 2 rings (SSSR count). The highest BCUT2D eigenvalue weighted by atomic mass is 15.0. The van der Waals surface area contributed by atoms with Gasteiger partial charge in [-0.3, -0.25) is 9.97 Å². The number of rotatable bonds is 3. The Kier molecular flexibility index (Phi) is 4.11. The second kappa shape index (κ2) is 5.58. The SMILES string of the molecule is CC1CCC(NC(C)c2cnccn2)C(C)C1. The van der Waals surface area contributed by atoms with Crippen LogP contribution in [0.4, 0.5) is 0 Å². The summed E-state index contributed by atoms with van der Waals surface area (Å²) in [5.74, 6) is 1.65. The van der Waals surface area contributed by atoms with E-state index in [0.29, 0.717) is 12.1 Å². The molecule has 94 valence electrons. The van der Waals surface area contributed by atoms with Crippen LogP contribution in [0.2, 0.25) is 0 Å². The lowest BCUT2D eigenvalue weighted by molar-refractivity contribution is 0.215. The Morgan fingerprint density at radius 2 is 2.12 bits per heavy atom. The molecule has 4 unspecified atom stereocenters. The van der Waals surface area contributed by atoms with Crippen molar-refractivity contribution in [2.45, 2.75) is 52.1 Å². The second-order valence-corrected chi connectivity index (χ2v) is 5.52. The van der Waals surface area contributed by atoms with Crippen LogP contribution in [0.15, 0.2) is 18.6 Å².